The minimum absolute atomic E-state index is 0.111. The number of amides is 1. The Balaban J connectivity index is 2.16. The molecule has 18 heavy (non-hydrogen) atoms. The summed E-state index contributed by atoms with van der Waals surface area (Å²) in [5, 5.41) is 11.9. The summed E-state index contributed by atoms with van der Waals surface area (Å²) < 4.78 is 5.41. The molecule has 0 aliphatic rings. The summed E-state index contributed by atoms with van der Waals surface area (Å²) in [5.41, 5.74) is 0.561. The molecule has 1 amide bonds. The fraction of sp³-hybridized carbons (Fsp3) is 0.500. The Morgan fingerprint density at radius 1 is 1.28 bits per heavy atom. The van der Waals surface area contributed by atoms with Crippen molar-refractivity contribution < 1.29 is 14.6 Å². The van der Waals surface area contributed by atoms with Crippen molar-refractivity contribution in [3.8, 4) is 5.75 Å². The Hall–Kier alpha value is -1.55. The molecule has 100 valence electrons. The average Bonchev–Trinajstić information content (AvgIpc) is 2.34. The fourth-order valence-electron chi connectivity index (χ4n) is 1.46. The average molecular weight is 251 g/mol. The van der Waals surface area contributed by atoms with Crippen LogP contribution in [-0.4, -0.2) is 30.3 Å². The van der Waals surface area contributed by atoms with Gasteiger partial charge in [0.15, 0.2) is 0 Å². The second-order valence-electron chi connectivity index (χ2n) is 4.43. The summed E-state index contributed by atoms with van der Waals surface area (Å²) in [5.74, 6) is 0.0529. The van der Waals surface area contributed by atoms with Gasteiger partial charge in [0, 0.05) is 18.7 Å². The van der Waals surface area contributed by atoms with Crippen molar-refractivity contribution in [3.63, 3.8) is 0 Å². The standard InChI is InChI=1S/C14H21NO3/c1-11(2)18-10-4-3-9-15-14(17)12-5-7-13(16)8-6-12/h5-8,11,16H,3-4,9-10H2,1-2H3,(H,15,17). The zero-order valence-electron chi connectivity index (χ0n) is 11.0. The molecule has 0 atom stereocenters. The first-order valence-electron chi connectivity index (χ1n) is 6.28. The molecule has 0 bridgehead atoms. The van der Waals surface area contributed by atoms with Crippen LogP contribution in [-0.2, 0) is 4.74 Å². The van der Waals surface area contributed by atoms with E-state index in [9.17, 15) is 4.79 Å². The van der Waals surface area contributed by atoms with E-state index in [1.807, 2.05) is 13.8 Å². The van der Waals surface area contributed by atoms with Crippen molar-refractivity contribution in [1.82, 2.24) is 5.32 Å². The van der Waals surface area contributed by atoms with E-state index in [2.05, 4.69) is 5.32 Å². The summed E-state index contributed by atoms with van der Waals surface area (Å²) >= 11 is 0. The van der Waals surface area contributed by atoms with Crippen LogP contribution < -0.4 is 5.32 Å². The lowest BCUT2D eigenvalue weighted by Crippen LogP contribution is -2.24. The van der Waals surface area contributed by atoms with Gasteiger partial charge in [0.05, 0.1) is 6.10 Å². The number of hydrogen-bond donors (Lipinski definition) is 2. The lowest BCUT2D eigenvalue weighted by atomic mass is 10.2. The minimum Gasteiger partial charge on any atom is -0.508 e. The predicted octanol–water partition coefficient (Wildman–Crippen LogP) is 2.33. The van der Waals surface area contributed by atoms with E-state index in [0.29, 0.717) is 12.1 Å². The maximum Gasteiger partial charge on any atom is 0.251 e. The highest BCUT2D eigenvalue weighted by Gasteiger charge is 2.03. The van der Waals surface area contributed by atoms with Gasteiger partial charge in [-0.3, -0.25) is 4.79 Å². The van der Waals surface area contributed by atoms with Crippen molar-refractivity contribution in [1.29, 1.82) is 0 Å². The second kappa shape index (κ2) is 7.71. The number of carbonyl (C=O) groups excluding carboxylic acids is 1. The summed E-state index contributed by atoms with van der Waals surface area (Å²) in [6, 6.07) is 6.22. The Bertz CT molecular complexity index is 360. The van der Waals surface area contributed by atoms with Crippen molar-refractivity contribution in [3.05, 3.63) is 29.8 Å². The van der Waals surface area contributed by atoms with Crippen LogP contribution in [0.15, 0.2) is 24.3 Å². The predicted molar refractivity (Wildman–Crippen MR) is 70.8 cm³/mol. The van der Waals surface area contributed by atoms with E-state index in [0.717, 1.165) is 19.4 Å². The molecule has 0 saturated heterocycles. The molecule has 2 N–H and O–H groups in total. The highest BCUT2D eigenvalue weighted by molar-refractivity contribution is 5.94. The Labute approximate surface area is 108 Å². The molecule has 1 aromatic carbocycles. The zero-order chi connectivity index (χ0) is 13.4. The summed E-state index contributed by atoms with van der Waals surface area (Å²) in [6.45, 7) is 5.38. The third kappa shape index (κ3) is 5.68. The van der Waals surface area contributed by atoms with Gasteiger partial charge in [-0.1, -0.05) is 0 Å². The Morgan fingerprint density at radius 3 is 2.56 bits per heavy atom. The van der Waals surface area contributed by atoms with E-state index in [4.69, 9.17) is 9.84 Å². The number of nitrogens with one attached hydrogen (secondary N) is 1. The number of benzene rings is 1. The van der Waals surface area contributed by atoms with Crippen LogP contribution in [0.3, 0.4) is 0 Å². The molecule has 0 saturated carbocycles. The van der Waals surface area contributed by atoms with Gasteiger partial charge in [0.2, 0.25) is 0 Å². The van der Waals surface area contributed by atoms with E-state index in [-0.39, 0.29) is 17.8 Å². The SMILES string of the molecule is CC(C)OCCCCNC(=O)c1ccc(O)cc1. The van der Waals surface area contributed by atoms with Crippen molar-refractivity contribution >= 4 is 5.91 Å². The maximum absolute atomic E-state index is 11.7. The monoisotopic (exact) mass is 251 g/mol. The normalized spacial score (nSPS) is 10.6. The maximum atomic E-state index is 11.7. The number of phenols is 1. The largest absolute Gasteiger partial charge is 0.508 e. The van der Waals surface area contributed by atoms with Gasteiger partial charge >= 0.3 is 0 Å². The molecular formula is C14H21NO3. The fourth-order valence-corrected chi connectivity index (χ4v) is 1.46. The van der Waals surface area contributed by atoms with Gasteiger partial charge < -0.3 is 15.2 Å². The van der Waals surface area contributed by atoms with Crippen LogP contribution in [0, 0.1) is 0 Å². The molecule has 1 aromatic rings. The lowest BCUT2D eigenvalue weighted by Gasteiger charge is -2.08. The topological polar surface area (TPSA) is 58.6 Å². The first kappa shape index (κ1) is 14.5. The molecule has 0 aliphatic carbocycles. The third-order valence-electron chi connectivity index (χ3n) is 2.44. The highest BCUT2D eigenvalue weighted by atomic mass is 16.5. The van der Waals surface area contributed by atoms with E-state index in [1.54, 1.807) is 12.1 Å². The molecule has 4 nitrogen and oxygen atoms in total. The number of unbranched alkanes of at least 4 members (excludes halogenated alkanes) is 1. The minimum atomic E-state index is -0.111. The Morgan fingerprint density at radius 2 is 1.94 bits per heavy atom. The van der Waals surface area contributed by atoms with Crippen LogP contribution >= 0.6 is 0 Å². The van der Waals surface area contributed by atoms with E-state index >= 15 is 0 Å². The molecule has 0 unspecified atom stereocenters. The molecule has 0 heterocycles. The first-order valence-corrected chi connectivity index (χ1v) is 6.28. The van der Waals surface area contributed by atoms with E-state index in [1.165, 1.54) is 12.1 Å². The molecule has 0 aromatic heterocycles. The van der Waals surface area contributed by atoms with Gasteiger partial charge in [-0.15, -0.1) is 0 Å². The van der Waals surface area contributed by atoms with Crippen LogP contribution in [0.1, 0.15) is 37.0 Å². The van der Waals surface area contributed by atoms with Crippen LogP contribution in [0.25, 0.3) is 0 Å². The van der Waals surface area contributed by atoms with Crippen LogP contribution in [0.5, 0.6) is 5.75 Å². The number of rotatable bonds is 7. The summed E-state index contributed by atoms with van der Waals surface area (Å²) in [4.78, 5) is 11.7. The van der Waals surface area contributed by atoms with Crippen molar-refractivity contribution in [2.75, 3.05) is 13.2 Å². The van der Waals surface area contributed by atoms with Crippen LogP contribution in [0.2, 0.25) is 0 Å². The van der Waals surface area contributed by atoms with Gasteiger partial charge in [-0.2, -0.15) is 0 Å². The second-order valence-corrected chi connectivity index (χ2v) is 4.43. The smallest absolute Gasteiger partial charge is 0.251 e. The number of phenolic OH excluding ortho intramolecular Hbond substituents is 1. The zero-order valence-corrected chi connectivity index (χ0v) is 11.0. The third-order valence-corrected chi connectivity index (χ3v) is 2.44. The number of hydrogen-bond acceptors (Lipinski definition) is 3. The number of aromatic hydroxyl groups is 1. The highest BCUT2D eigenvalue weighted by Crippen LogP contribution is 2.09. The van der Waals surface area contributed by atoms with Gasteiger partial charge in [-0.05, 0) is 51.0 Å². The summed E-state index contributed by atoms with van der Waals surface area (Å²) in [6.07, 6.45) is 2.10. The molecule has 0 radical (unpaired) electrons. The van der Waals surface area contributed by atoms with E-state index < -0.39 is 0 Å². The van der Waals surface area contributed by atoms with Crippen molar-refractivity contribution in [2.45, 2.75) is 32.8 Å². The molecule has 1 rings (SSSR count). The van der Waals surface area contributed by atoms with Crippen molar-refractivity contribution in [2.24, 2.45) is 0 Å². The number of carbonyl (C=O) groups is 1. The molecule has 0 fully saturated rings. The van der Waals surface area contributed by atoms with Gasteiger partial charge in [0.25, 0.3) is 5.91 Å². The summed E-state index contributed by atoms with van der Waals surface area (Å²) in [7, 11) is 0. The molecular weight excluding hydrogens is 230 g/mol. The van der Waals surface area contributed by atoms with Crippen LogP contribution in [0.4, 0.5) is 0 Å². The lowest BCUT2D eigenvalue weighted by molar-refractivity contribution is 0.0754. The molecule has 4 heteroatoms. The number of ether oxygens (including phenoxy) is 1. The first-order chi connectivity index (χ1) is 8.59. The molecule has 0 aliphatic heterocycles. The molecule has 0 spiro atoms. The Kier molecular flexibility index (Phi) is 6.22. The quantitative estimate of drug-likeness (QED) is 0.731. The van der Waals surface area contributed by atoms with Gasteiger partial charge in [-0.25, -0.2) is 0 Å². The van der Waals surface area contributed by atoms with Gasteiger partial charge in [0.1, 0.15) is 5.75 Å².